The molecule has 8 nitrogen and oxygen atoms in total. The number of unbranched alkanes of at least 4 members (excludes halogenated alkanes) is 1. The van der Waals surface area contributed by atoms with Gasteiger partial charge >= 0.3 is 0 Å². The Morgan fingerprint density at radius 3 is 2.71 bits per heavy atom. The van der Waals surface area contributed by atoms with E-state index >= 15 is 0 Å². The molecule has 2 atom stereocenters. The first kappa shape index (κ1) is 18.6. The van der Waals surface area contributed by atoms with Crippen molar-refractivity contribution in [2.24, 2.45) is 17.2 Å². The average Bonchev–Trinajstić information content (AvgIpc) is 2.84. The van der Waals surface area contributed by atoms with Crippen molar-refractivity contribution in [3.63, 3.8) is 0 Å². The molecule has 0 bridgehead atoms. The second-order valence-electron chi connectivity index (χ2n) is 5.93. The molecule has 0 aromatic heterocycles. The van der Waals surface area contributed by atoms with E-state index in [2.05, 4.69) is 0 Å². The first-order valence-electron chi connectivity index (χ1n) is 7.10. The van der Waals surface area contributed by atoms with Gasteiger partial charge in [-0.25, -0.2) is 10.0 Å². The third-order valence-electron chi connectivity index (χ3n) is 3.38. The van der Waals surface area contributed by atoms with Gasteiger partial charge in [-0.1, -0.05) is 6.42 Å². The van der Waals surface area contributed by atoms with E-state index in [0.29, 0.717) is 25.7 Å². The van der Waals surface area contributed by atoms with Crippen molar-refractivity contribution in [2.75, 3.05) is 31.8 Å². The molecule has 1 unspecified atom stereocenters. The normalized spacial score (nSPS) is 20.4. The molecule has 1 rings (SSSR count). The molecule has 0 spiro atoms. The topological polar surface area (TPSA) is 142 Å². The van der Waals surface area contributed by atoms with Crippen molar-refractivity contribution in [3.05, 3.63) is 5.21 Å². The van der Waals surface area contributed by atoms with Crippen LogP contribution in [0.2, 0.25) is 0 Å². The summed E-state index contributed by atoms with van der Waals surface area (Å²) in [6.45, 7) is 0.491. The first-order valence-corrected chi connectivity index (χ1v) is 8.25. The lowest BCUT2D eigenvalue weighted by Gasteiger charge is -2.36. The van der Waals surface area contributed by atoms with Gasteiger partial charge in [0.1, 0.15) is 12.2 Å². The Kier molecular flexibility index (Phi) is 6.85. The van der Waals surface area contributed by atoms with Crippen LogP contribution in [0.4, 0.5) is 0 Å². The maximum Gasteiger partial charge on any atom is 0.240 e. The Hall–Kier alpha value is -0.420. The first-order chi connectivity index (χ1) is 9.61. The van der Waals surface area contributed by atoms with E-state index in [4.69, 9.17) is 22.4 Å². The number of carbonyl (C=O) groups excluding carboxylic acids is 1. The number of hydroxylamine groups is 4. The number of thioether (sulfide) groups is 1. The standard InChI is InChI=1S/C12H27N5O3S/c1-17(19,20)8-12(14,15)5-3-2-4-10(13)11(18)16-6-7-21-9-16/h10,19H,2-9,13-15H2,1H3/t10-/m0/s1. The maximum atomic E-state index is 12.0. The van der Waals surface area contributed by atoms with E-state index in [1.54, 1.807) is 16.7 Å². The molecule has 1 aliphatic rings. The largest absolute Gasteiger partial charge is 0.599 e. The fraction of sp³-hybridized carbons (Fsp3) is 0.917. The number of hydrogen-bond donors (Lipinski definition) is 4. The van der Waals surface area contributed by atoms with Crippen LogP contribution in [-0.4, -0.2) is 64.3 Å². The highest BCUT2D eigenvalue weighted by atomic mass is 32.2. The van der Waals surface area contributed by atoms with Crippen LogP contribution in [0.1, 0.15) is 25.7 Å². The fourth-order valence-corrected chi connectivity index (χ4v) is 3.34. The van der Waals surface area contributed by atoms with Gasteiger partial charge in [-0.3, -0.25) is 4.79 Å². The molecular formula is C12H27N5O3S. The monoisotopic (exact) mass is 321 g/mol. The molecule has 1 fully saturated rings. The van der Waals surface area contributed by atoms with Crippen molar-refractivity contribution in [1.82, 2.24) is 4.90 Å². The number of likely N-dealkylation sites (N-methyl/N-ethyl adjacent to an activating group) is 1. The highest BCUT2D eigenvalue weighted by Crippen LogP contribution is 2.16. The summed E-state index contributed by atoms with van der Waals surface area (Å²) in [5.41, 5.74) is 16.2. The Morgan fingerprint density at radius 2 is 2.19 bits per heavy atom. The summed E-state index contributed by atoms with van der Waals surface area (Å²) in [7, 11) is 1.08. The zero-order valence-corrected chi connectivity index (χ0v) is 13.3. The van der Waals surface area contributed by atoms with E-state index in [1.807, 2.05) is 0 Å². The summed E-state index contributed by atoms with van der Waals surface area (Å²) in [6, 6.07) is -0.493. The molecule has 124 valence electrons. The third-order valence-corrected chi connectivity index (χ3v) is 4.34. The maximum absolute atomic E-state index is 12.0. The SMILES string of the molecule is C[N+]([O-])(O)CC(N)(N)CCCC[C@H](N)C(=O)N1CCSC1. The van der Waals surface area contributed by atoms with Gasteiger partial charge in [0.2, 0.25) is 5.91 Å². The lowest BCUT2D eigenvalue weighted by atomic mass is 10.0. The van der Waals surface area contributed by atoms with Crippen LogP contribution in [-0.2, 0) is 4.79 Å². The molecule has 7 N–H and O–H groups in total. The highest BCUT2D eigenvalue weighted by molar-refractivity contribution is 7.99. The number of nitrogens with two attached hydrogens (primary N) is 3. The summed E-state index contributed by atoms with van der Waals surface area (Å²) in [4.78, 5) is 12.3. The number of quaternary nitrogens is 1. The van der Waals surface area contributed by atoms with E-state index < -0.39 is 16.5 Å². The lowest BCUT2D eigenvalue weighted by molar-refractivity contribution is -1.05. The molecule has 9 heteroatoms. The molecule has 0 aromatic carbocycles. The molecule has 0 saturated carbocycles. The summed E-state index contributed by atoms with van der Waals surface area (Å²) >= 11 is 1.73. The van der Waals surface area contributed by atoms with Gasteiger partial charge in [0, 0.05) is 12.3 Å². The van der Waals surface area contributed by atoms with Gasteiger partial charge < -0.3 is 27.3 Å². The predicted molar refractivity (Wildman–Crippen MR) is 82.8 cm³/mol. The minimum absolute atomic E-state index is 0.00841. The molecule has 1 aliphatic heterocycles. The number of nitrogens with zero attached hydrogens (tertiary/aromatic N) is 2. The van der Waals surface area contributed by atoms with E-state index in [9.17, 15) is 10.0 Å². The second kappa shape index (κ2) is 7.73. The van der Waals surface area contributed by atoms with Crippen molar-refractivity contribution < 1.29 is 14.8 Å². The van der Waals surface area contributed by atoms with Gasteiger partial charge in [0.05, 0.1) is 19.0 Å². The average molecular weight is 321 g/mol. The van der Waals surface area contributed by atoms with Gasteiger partial charge in [0.15, 0.2) is 0 Å². The van der Waals surface area contributed by atoms with Crippen LogP contribution in [0.5, 0.6) is 0 Å². The Morgan fingerprint density at radius 1 is 1.52 bits per heavy atom. The molecule has 1 saturated heterocycles. The number of amides is 1. The van der Waals surface area contributed by atoms with Gasteiger partial charge in [0.25, 0.3) is 0 Å². The van der Waals surface area contributed by atoms with Crippen molar-refractivity contribution in [2.45, 2.75) is 37.4 Å². The van der Waals surface area contributed by atoms with Crippen LogP contribution in [0.3, 0.4) is 0 Å². The zero-order chi connectivity index (χ0) is 16.1. The van der Waals surface area contributed by atoms with Crippen molar-refractivity contribution in [3.8, 4) is 0 Å². The summed E-state index contributed by atoms with van der Waals surface area (Å²) in [5, 5.41) is 20.3. The predicted octanol–water partition coefficient (Wildman–Crippen LogP) is -0.646. The molecule has 1 heterocycles. The smallest absolute Gasteiger partial charge is 0.240 e. The van der Waals surface area contributed by atoms with E-state index in [-0.39, 0.29) is 12.5 Å². The molecule has 0 aromatic rings. The Balaban J connectivity index is 2.22. The number of carbonyl (C=O) groups is 1. The Bertz CT molecular complexity index is 342. The fourth-order valence-electron chi connectivity index (χ4n) is 2.39. The quantitative estimate of drug-likeness (QED) is 0.201. The van der Waals surface area contributed by atoms with Crippen molar-refractivity contribution in [1.29, 1.82) is 0 Å². The van der Waals surface area contributed by atoms with Crippen LogP contribution < -0.4 is 17.2 Å². The second-order valence-corrected chi connectivity index (χ2v) is 7.01. The minimum Gasteiger partial charge on any atom is -0.599 e. The molecule has 0 radical (unpaired) electrons. The van der Waals surface area contributed by atoms with Crippen LogP contribution in [0.25, 0.3) is 0 Å². The molecule has 0 aliphatic carbocycles. The van der Waals surface area contributed by atoms with Gasteiger partial charge in [-0.2, -0.15) is 0 Å². The third kappa shape index (κ3) is 7.41. The van der Waals surface area contributed by atoms with E-state index in [0.717, 1.165) is 25.2 Å². The lowest BCUT2D eigenvalue weighted by Crippen LogP contribution is -2.60. The van der Waals surface area contributed by atoms with Crippen molar-refractivity contribution >= 4 is 17.7 Å². The van der Waals surface area contributed by atoms with Gasteiger partial charge in [-0.05, 0) is 19.3 Å². The van der Waals surface area contributed by atoms with Gasteiger partial charge in [-0.15, -0.1) is 11.8 Å². The number of rotatable bonds is 8. The van der Waals surface area contributed by atoms with Crippen LogP contribution in [0.15, 0.2) is 0 Å². The molecule has 21 heavy (non-hydrogen) atoms. The van der Waals surface area contributed by atoms with E-state index in [1.165, 1.54) is 0 Å². The Labute approximate surface area is 129 Å². The number of hydrogen-bond acceptors (Lipinski definition) is 7. The minimum atomic E-state index is -1.50. The zero-order valence-electron chi connectivity index (χ0n) is 12.5. The summed E-state index contributed by atoms with van der Waals surface area (Å²) < 4.78 is 0. The highest BCUT2D eigenvalue weighted by Gasteiger charge is 2.27. The summed E-state index contributed by atoms with van der Waals surface area (Å²) in [6.07, 6.45) is 2.32. The van der Waals surface area contributed by atoms with Crippen LogP contribution >= 0.6 is 11.8 Å². The molecular weight excluding hydrogens is 294 g/mol. The summed E-state index contributed by atoms with van der Waals surface area (Å²) in [5.74, 6) is 1.68. The molecule has 1 amide bonds. The van der Waals surface area contributed by atoms with Crippen LogP contribution in [0, 0.1) is 5.21 Å².